The van der Waals surface area contributed by atoms with Crippen LogP contribution in [0.3, 0.4) is 0 Å². The molecule has 0 heterocycles. The van der Waals surface area contributed by atoms with E-state index in [1.165, 1.54) is 0 Å². The van der Waals surface area contributed by atoms with E-state index in [1.54, 1.807) is 6.07 Å². The summed E-state index contributed by atoms with van der Waals surface area (Å²) in [4.78, 5) is 0. The molecule has 8 heteroatoms. The summed E-state index contributed by atoms with van der Waals surface area (Å²) < 4.78 is 71.8. The Morgan fingerprint density at radius 3 is 1.81 bits per heavy atom. The second-order valence-electron chi connectivity index (χ2n) is 2.49. The summed E-state index contributed by atoms with van der Waals surface area (Å²) in [6, 6.07) is 2.86. The molecule has 0 unspecified atom stereocenters. The molecule has 0 aliphatic rings. The molecule has 0 atom stereocenters. The van der Waals surface area contributed by atoms with Gasteiger partial charge in [0.2, 0.25) is 0 Å². The van der Waals surface area contributed by atoms with Crippen molar-refractivity contribution < 1.29 is 38.7 Å². The number of hydrogen-bond acceptors (Lipinski definition) is 0. The summed E-state index contributed by atoms with van der Waals surface area (Å²) in [6.07, 6.45) is -9.57. The molecule has 0 fully saturated rings. The molecule has 0 saturated heterocycles. The van der Waals surface area contributed by atoms with Crippen molar-refractivity contribution in [1.82, 2.24) is 0 Å². The Balaban J connectivity index is 0. The molecule has 1 rings (SSSR count). The molecule has 1 aromatic rings. The smallest absolute Gasteiger partial charge is 1.00 e. The van der Waals surface area contributed by atoms with Gasteiger partial charge in [-0.1, -0.05) is 11.1 Å². The van der Waals surface area contributed by atoms with Crippen molar-refractivity contribution in [1.29, 1.82) is 0 Å². The molecule has 0 aromatic heterocycles. The zero-order chi connectivity index (χ0) is 11.0. The van der Waals surface area contributed by atoms with Crippen molar-refractivity contribution >= 4 is 23.1 Å². The van der Waals surface area contributed by atoms with E-state index in [2.05, 4.69) is 0 Å². The van der Waals surface area contributed by atoms with Crippen LogP contribution in [-0.2, 0) is 12.4 Å². The molecule has 16 heavy (non-hydrogen) atoms. The van der Waals surface area contributed by atoms with Crippen LogP contribution >= 0.6 is 0 Å². The SMILES string of the molecule is FC(F)(F)c1[c-]ccc(C(F)(F)F)c1.[Cl-].[Mg+2]. The van der Waals surface area contributed by atoms with Crippen LogP contribution in [0.4, 0.5) is 26.3 Å². The zero-order valence-corrected chi connectivity index (χ0v) is 9.76. The average Bonchev–Trinajstić information content (AvgIpc) is 2.01. The second-order valence-corrected chi connectivity index (χ2v) is 2.49. The number of hydrogen-bond donors (Lipinski definition) is 0. The Hall–Kier alpha value is -0.144. The Morgan fingerprint density at radius 2 is 1.44 bits per heavy atom. The fraction of sp³-hybridized carbons (Fsp3) is 0.250. The van der Waals surface area contributed by atoms with Crippen LogP contribution in [0, 0.1) is 6.07 Å². The largest absolute Gasteiger partial charge is 2.00 e. The average molecular weight is 273 g/mol. The normalized spacial score (nSPS) is 11.4. The Morgan fingerprint density at radius 1 is 0.938 bits per heavy atom. The molecule has 0 bridgehead atoms. The van der Waals surface area contributed by atoms with Gasteiger partial charge in [-0.15, -0.1) is 6.07 Å². The van der Waals surface area contributed by atoms with Gasteiger partial charge in [-0.05, 0) is 0 Å². The van der Waals surface area contributed by atoms with E-state index in [-0.39, 0.29) is 41.5 Å². The molecule has 0 saturated carbocycles. The molecule has 0 nitrogen and oxygen atoms in total. The van der Waals surface area contributed by atoms with Crippen molar-refractivity contribution in [3.63, 3.8) is 0 Å². The maximum absolute atomic E-state index is 12.0. The molecule has 1 aromatic carbocycles. The molecule has 0 aliphatic carbocycles. The first-order valence-corrected chi connectivity index (χ1v) is 3.37. The van der Waals surface area contributed by atoms with Gasteiger partial charge in [0.05, 0.1) is 0 Å². The predicted molar refractivity (Wildman–Crippen MR) is 41.0 cm³/mol. The van der Waals surface area contributed by atoms with E-state index in [9.17, 15) is 26.3 Å². The predicted octanol–water partition coefficient (Wildman–Crippen LogP) is 0.148. The summed E-state index contributed by atoms with van der Waals surface area (Å²) in [7, 11) is 0. The first-order valence-electron chi connectivity index (χ1n) is 3.37. The number of alkyl halides is 6. The third-order valence-electron chi connectivity index (χ3n) is 1.43. The Kier molecular flexibility index (Phi) is 6.80. The van der Waals surface area contributed by atoms with Gasteiger partial charge in [0.15, 0.2) is 0 Å². The van der Waals surface area contributed by atoms with Crippen molar-refractivity contribution in [2.24, 2.45) is 0 Å². The monoisotopic (exact) mass is 272 g/mol. The van der Waals surface area contributed by atoms with Crippen LogP contribution < -0.4 is 12.4 Å². The van der Waals surface area contributed by atoms with Gasteiger partial charge in [-0.25, -0.2) is 0 Å². The summed E-state index contributed by atoms with van der Waals surface area (Å²) in [6.45, 7) is 0. The van der Waals surface area contributed by atoms with Gasteiger partial charge < -0.3 is 12.4 Å². The van der Waals surface area contributed by atoms with Crippen LogP contribution in [0.15, 0.2) is 18.2 Å². The van der Waals surface area contributed by atoms with Crippen molar-refractivity contribution in [2.75, 3.05) is 0 Å². The zero-order valence-electron chi connectivity index (χ0n) is 7.58. The van der Waals surface area contributed by atoms with Crippen LogP contribution in [0.25, 0.3) is 0 Å². The fourth-order valence-corrected chi connectivity index (χ4v) is 0.806. The second kappa shape index (κ2) is 5.97. The Labute approximate surface area is 110 Å². The molecule has 0 spiro atoms. The van der Waals surface area contributed by atoms with E-state index in [0.717, 1.165) is 0 Å². The van der Waals surface area contributed by atoms with Crippen molar-refractivity contribution in [2.45, 2.75) is 12.4 Å². The van der Waals surface area contributed by atoms with E-state index >= 15 is 0 Å². The standard InChI is InChI=1S/C8H3F6.ClH.Mg/c9-7(10,11)5-2-1-3-6(4-5)8(12,13)14;;/h1-2,4H;1H;/q-1;;+2/p-1. The molecular weight excluding hydrogens is 270 g/mol. The van der Waals surface area contributed by atoms with Crippen LogP contribution in [-0.4, -0.2) is 23.1 Å². The van der Waals surface area contributed by atoms with Crippen LogP contribution in [0.2, 0.25) is 0 Å². The number of benzene rings is 1. The number of rotatable bonds is 0. The van der Waals surface area contributed by atoms with Gasteiger partial charge in [0.25, 0.3) is 0 Å². The van der Waals surface area contributed by atoms with Gasteiger partial charge in [0.1, 0.15) is 0 Å². The molecule has 0 aliphatic heterocycles. The first-order chi connectivity index (χ1) is 6.21. The summed E-state index contributed by atoms with van der Waals surface area (Å²) >= 11 is 0. The molecular formula is C8H3ClF6Mg. The first kappa shape index (κ1) is 18.2. The van der Waals surface area contributed by atoms with Crippen molar-refractivity contribution in [3.8, 4) is 0 Å². The minimum absolute atomic E-state index is 0. The minimum Gasteiger partial charge on any atom is -1.00 e. The molecule has 0 N–H and O–H groups in total. The maximum atomic E-state index is 12.0. The van der Waals surface area contributed by atoms with E-state index in [0.29, 0.717) is 12.1 Å². The fourth-order valence-electron chi connectivity index (χ4n) is 0.806. The third kappa shape index (κ3) is 4.79. The van der Waals surface area contributed by atoms with Crippen LogP contribution in [0.1, 0.15) is 11.1 Å². The van der Waals surface area contributed by atoms with Gasteiger partial charge in [0, 0.05) is 0 Å². The van der Waals surface area contributed by atoms with Crippen LogP contribution in [0.5, 0.6) is 0 Å². The summed E-state index contributed by atoms with van der Waals surface area (Å²) in [5.41, 5.74) is -2.75. The maximum Gasteiger partial charge on any atom is 2.00 e. The number of halogens is 7. The third-order valence-corrected chi connectivity index (χ3v) is 1.43. The van der Waals surface area contributed by atoms with E-state index in [4.69, 9.17) is 0 Å². The molecule has 0 radical (unpaired) electrons. The van der Waals surface area contributed by atoms with Gasteiger partial charge >= 0.3 is 35.4 Å². The molecule has 0 amide bonds. The minimum atomic E-state index is -4.80. The summed E-state index contributed by atoms with van der Waals surface area (Å²) in [5, 5.41) is 0. The van der Waals surface area contributed by atoms with E-state index < -0.39 is 23.5 Å². The molecule has 86 valence electrons. The Bertz CT molecular complexity index is 303. The van der Waals surface area contributed by atoms with E-state index in [1.807, 2.05) is 0 Å². The quantitative estimate of drug-likeness (QED) is 0.358. The van der Waals surface area contributed by atoms with Gasteiger partial charge in [-0.3, -0.25) is 0 Å². The van der Waals surface area contributed by atoms with Crippen molar-refractivity contribution in [3.05, 3.63) is 35.4 Å². The topological polar surface area (TPSA) is 0 Å². The summed E-state index contributed by atoms with van der Waals surface area (Å²) in [5.74, 6) is 0. The van der Waals surface area contributed by atoms with Gasteiger partial charge in [-0.2, -0.15) is 44.5 Å².